The van der Waals surface area contributed by atoms with Gasteiger partial charge in [-0.05, 0) is 39.0 Å². The molecule has 0 bridgehead atoms. The van der Waals surface area contributed by atoms with E-state index in [1.54, 1.807) is 0 Å². The molecule has 1 aromatic heterocycles. The van der Waals surface area contributed by atoms with Crippen LogP contribution in [0.25, 0.3) is 10.9 Å². The van der Waals surface area contributed by atoms with E-state index in [2.05, 4.69) is 56.8 Å². The minimum absolute atomic E-state index is 0.0161. The first-order valence-electron chi connectivity index (χ1n) is 9.19. The number of rotatable bonds is 5. The summed E-state index contributed by atoms with van der Waals surface area (Å²) in [6, 6.07) is 5.62. The smallest absolute Gasteiger partial charge is 0.311 e. The number of fused-ring (bicyclic) bond motifs is 1. The van der Waals surface area contributed by atoms with Crippen LogP contribution < -0.4 is 5.32 Å². The molecule has 0 aliphatic carbocycles. The van der Waals surface area contributed by atoms with Gasteiger partial charge in [0.15, 0.2) is 0 Å². The molecule has 0 amide bonds. The van der Waals surface area contributed by atoms with Crippen molar-refractivity contribution in [2.45, 2.75) is 26.3 Å². The average Bonchev–Trinajstić information content (AvgIpc) is 2.61. The Morgan fingerprint density at radius 1 is 1.26 bits per heavy atom. The maximum Gasteiger partial charge on any atom is 0.311 e. The number of nitrogens with one attached hydrogen (secondary N) is 1. The first kappa shape index (κ1) is 20.0. The molecule has 2 heterocycles. The number of anilines is 1. The average molecular weight is 436 g/mol. The summed E-state index contributed by atoms with van der Waals surface area (Å²) in [5, 5.41) is 15.5. The lowest BCUT2D eigenvalue weighted by Gasteiger charge is -2.42. The first-order valence-corrected chi connectivity index (χ1v) is 9.99. The molecular weight excluding hydrogens is 410 g/mol. The molecule has 0 atom stereocenters. The maximum absolute atomic E-state index is 11.4. The lowest BCUT2D eigenvalue weighted by Crippen LogP contribution is -2.53. The van der Waals surface area contributed by atoms with Gasteiger partial charge in [0, 0.05) is 54.7 Å². The third-order valence-electron chi connectivity index (χ3n) is 5.06. The third kappa shape index (κ3) is 4.75. The quantitative estimate of drug-likeness (QED) is 0.569. The monoisotopic (exact) mass is 435 g/mol. The molecule has 1 aromatic carbocycles. The summed E-state index contributed by atoms with van der Waals surface area (Å²) >= 11 is 3.42. The van der Waals surface area contributed by atoms with E-state index in [0.717, 1.165) is 48.1 Å². The number of nitrogens with zero attached hydrogens (tertiary/aromatic N) is 4. The van der Waals surface area contributed by atoms with Crippen molar-refractivity contribution in [3.63, 3.8) is 0 Å². The number of pyridine rings is 1. The summed E-state index contributed by atoms with van der Waals surface area (Å²) in [7, 11) is 0. The lowest BCUT2D eigenvalue weighted by atomic mass is 10.1. The molecule has 3 rings (SSSR count). The van der Waals surface area contributed by atoms with E-state index in [-0.39, 0.29) is 16.1 Å². The summed E-state index contributed by atoms with van der Waals surface area (Å²) < 4.78 is 0.902. The number of benzene rings is 1. The number of aromatic nitrogens is 1. The van der Waals surface area contributed by atoms with Crippen LogP contribution in [-0.4, -0.2) is 64.5 Å². The molecule has 27 heavy (non-hydrogen) atoms. The molecule has 1 N–H and O–H groups in total. The van der Waals surface area contributed by atoms with Gasteiger partial charge in [0.05, 0.1) is 10.4 Å². The van der Waals surface area contributed by atoms with Crippen LogP contribution in [0.4, 0.5) is 11.4 Å². The van der Waals surface area contributed by atoms with Crippen molar-refractivity contribution < 1.29 is 4.92 Å². The number of hydrogen-bond acceptors (Lipinski definition) is 6. The second-order valence-electron chi connectivity index (χ2n) is 7.86. The van der Waals surface area contributed by atoms with E-state index in [0.29, 0.717) is 12.2 Å². The van der Waals surface area contributed by atoms with E-state index in [9.17, 15) is 10.1 Å². The van der Waals surface area contributed by atoms with Gasteiger partial charge in [-0.15, -0.1) is 0 Å². The fraction of sp³-hybridized carbons (Fsp3) is 0.526. The van der Waals surface area contributed by atoms with E-state index < -0.39 is 0 Å². The Morgan fingerprint density at radius 3 is 2.59 bits per heavy atom. The van der Waals surface area contributed by atoms with Gasteiger partial charge in [0.1, 0.15) is 11.9 Å². The molecule has 146 valence electrons. The summed E-state index contributed by atoms with van der Waals surface area (Å²) in [5.41, 5.74) is 1.50. The zero-order chi connectivity index (χ0) is 19.6. The highest BCUT2D eigenvalue weighted by Crippen LogP contribution is 2.32. The first-order chi connectivity index (χ1) is 12.8. The van der Waals surface area contributed by atoms with E-state index in [1.807, 2.05) is 18.2 Å². The number of piperazine rings is 1. The zero-order valence-corrected chi connectivity index (χ0v) is 17.6. The van der Waals surface area contributed by atoms with Crippen molar-refractivity contribution in [3.05, 3.63) is 39.0 Å². The molecule has 1 saturated heterocycles. The fourth-order valence-electron chi connectivity index (χ4n) is 3.46. The van der Waals surface area contributed by atoms with Crippen molar-refractivity contribution in [2.24, 2.45) is 0 Å². The lowest BCUT2D eigenvalue weighted by molar-refractivity contribution is -0.384. The molecule has 7 nitrogen and oxygen atoms in total. The summed E-state index contributed by atoms with van der Waals surface area (Å²) in [5.74, 6) is 0. The summed E-state index contributed by atoms with van der Waals surface area (Å²) in [4.78, 5) is 20.2. The Balaban J connectivity index is 1.67. The van der Waals surface area contributed by atoms with Gasteiger partial charge < -0.3 is 5.32 Å². The minimum Gasteiger partial charge on any atom is -0.378 e. The van der Waals surface area contributed by atoms with Crippen molar-refractivity contribution >= 4 is 38.2 Å². The van der Waals surface area contributed by atoms with Crippen molar-refractivity contribution in [1.82, 2.24) is 14.8 Å². The van der Waals surface area contributed by atoms with E-state index in [1.165, 1.54) is 6.20 Å². The summed E-state index contributed by atoms with van der Waals surface area (Å²) in [6.45, 7) is 12.4. The van der Waals surface area contributed by atoms with Crippen LogP contribution in [0.2, 0.25) is 0 Å². The second-order valence-corrected chi connectivity index (χ2v) is 8.78. The predicted molar refractivity (Wildman–Crippen MR) is 112 cm³/mol. The Hall–Kier alpha value is -1.77. The van der Waals surface area contributed by atoms with Crippen LogP contribution in [0.1, 0.15) is 20.8 Å². The molecule has 1 aliphatic rings. The van der Waals surface area contributed by atoms with Gasteiger partial charge in [-0.25, -0.2) is 4.98 Å². The van der Waals surface area contributed by atoms with Crippen LogP contribution in [0.3, 0.4) is 0 Å². The molecular formula is C19H26BrN5O2. The number of hydrogen-bond donors (Lipinski definition) is 1. The third-order valence-corrected chi connectivity index (χ3v) is 5.55. The Bertz CT molecular complexity index is 829. The highest BCUT2D eigenvalue weighted by atomic mass is 79.9. The van der Waals surface area contributed by atoms with Crippen LogP contribution >= 0.6 is 15.9 Å². The van der Waals surface area contributed by atoms with Gasteiger partial charge in [0.25, 0.3) is 0 Å². The standard InChI is InChI=1S/C19H26BrN5O2/c1-19(2,3)24-10-8-23(9-11-24)7-6-21-18-15-5-4-14(20)12-16(15)22-13-17(18)25(26)27/h4-5,12-13H,6-11H2,1-3H3,(H,21,22). The molecule has 1 aliphatic heterocycles. The van der Waals surface area contributed by atoms with Crippen molar-refractivity contribution in [3.8, 4) is 0 Å². The van der Waals surface area contributed by atoms with Gasteiger partial charge in [-0.1, -0.05) is 15.9 Å². The minimum atomic E-state index is -0.376. The van der Waals surface area contributed by atoms with Gasteiger partial charge in [-0.2, -0.15) is 0 Å². The molecule has 0 spiro atoms. The van der Waals surface area contributed by atoms with Crippen LogP contribution in [0.5, 0.6) is 0 Å². The van der Waals surface area contributed by atoms with E-state index >= 15 is 0 Å². The maximum atomic E-state index is 11.4. The van der Waals surface area contributed by atoms with Crippen molar-refractivity contribution in [2.75, 3.05) is 44.6 Å². The Morgan fingerprint density at radius 2 is 1.96 bits per heavy atom. The molecule has 2 aromatic rings. The molecule has 8 heteroatoms. The van der Waals surface area contributed by atoms with Crippen molar-refractivity contribution in [1.29, 1.82) is 0 Å². The molecule has 0 radical (unpaired) electrons. The van der Waals surface area contributed by atoms with Crippen LogP contribution in [0.15, 0.2) is 28.9 Å². The Labute approximate surface area is 168 Å². The second kappa shape index (κ2) is 8.08. The van der Waals surface area contributed by atoms with Crippen LogP contribution in [0, 0.1) is 10.1 Å². The fourth-order valence-corrected chi connectivity index (χ4v) is 3.81. The zero-order valence-electron chi connectivity index (χ0n) is 16.0. The SMILES string of the molecule is CC(C)(C)N1CCN(CCNc2c([N+](=O)[O-])cnc3cc(Br)ccc23)CC1. The Kier molecular flexibility index (Phi) is 5.98. The number of halogens is 1. The number of nitro groups is 1. The van der Waals surface area contributed by atoms with Gasteiger partial charge in [-0.3, -0.25) is 19.9 Å². The molecule has 1 fully saturated rings. The highest BCUT2D eigenvalue weighted by Gasteiger charge is 2.25. The summed E-state index contributed by atoms with van der Waals surface area (Å²) in [6.07, 6.45) is 1.33. The normalized spacial score (nSPS) is 16.6. The predicted octanol–water partition coefficient (Wildman–Crippen LogP) is 3.73. The van der Waals surface area contributed by atoms with E-state index in [4.69, 9.17) is 0 Å². The molecule has 0 saturated carbocycles. The topological polar surface area (TPSA) is 74.5 Å². The largest absolute Gasteiger partial charge is 0.378 e. The molecule has 0 unspecified atom stereocenters. The van der Waals surface area contributed by atoms with Gasteiger partial charge in [0.2, 0.25) is 0 Å². The van der Waals surface area contributed by atoms with Crippen LogP contribution in [-0.2, 0) is 0 Å². The highest BCUT2D eigenvalue weighted by molar-refractivity contribution is 9.10. The van der Waals surface area contributed by atoms with Gasteiger partial charge >= 0.3 is 5.69 Å².